The number of hydrogen-bond donors (Lipinski definition) is 1. The molecule has 3 rings (SSSR count). The molecule has 2 N–H and O–H groups in total. The van der Waals surface area contributed by atoms with Gasteiger partial charge < -0.3 is 10.3 Å². The molecule has 0 spiro atoms. The second-order valence-corrected chi connectivity index (χ2v) is 7.38. The zero-order valence-corrected chi connectivity index (χ0v) is 15.3. The predicted molar refractivity (Wildman–Crippen MR) is 98.3 cm³/mol. The second-order valence-electron chi connectivity index (χ2n) is 7.38. The minimum Gasteiger partial charge on any atom is -0.370 e. The second kappa shape index (κ2) is 9.46. The van der Waals surface area contributed by atoms with Crippen LogP contribution in [0.25, 0.3) is 0 Å². The Morgan fingerprint density at radius 3 is 2.73 bits per heavy atom. The minimum atomic E-state index is -0.318. The van der Waals surface area contributed by atoms with Crippen molar-refractivity contribution in [3.63, 3.8) is 0 Å². The first kappa shape index (κ1) is 18.5. The van der Waals surface area contributed by atoms with E-state index in [1.807, 2.05) is 12.1 Å². The average Bonchev–Trinajstić information content (AvgIpc) is 3.11. The van der Waals surface area contributed by atoms with Crippen LogP contribution in [0.1, 0.15) is 81.0 Å². The number of hydrogen-bond acceptors (Lipinski definition) is 5. The van der Waals surface area contributed by atoms with E-state index in [-0.39, 0.29) is 18.2 Å². The van der Waals surface area contributed by atoms with Crippen molar-refractivity contribution in [2.75, 3.05) is 0 Å². The smallest absolute Gasteiger partial charge is 0.230 e. The lowest BCUT2D eigenvalue weighted by Crippen LogP contribution is -2.16. The summed E-state index contributed by atoms with van der Waals surface area (Å²) in [6, 6.07) is 3.86. The molecule has 0 aliphatic heterocycles. The Kier molecular flexibility index (Phi) is 6.75. The van der Waals surface area contributed by atoms with E-state index >= 15 is 0 Å². The lowest BCUT2D eigenvalue weighted by atomic mass is 9.84. The number of carbonyl (C=O) groups excluding carboxylic acids is 1. The standard InChI is InChI=1S/C20H28N4O2/c21-18(25)14-17(8-4-7-15-5-2-1-3-6-15)20-23-19(24-26-20)13-16-9-11-22-12-10-16/h9-12,15,17H,1-8,13-14H2,(H2,21,25). The van der Waals surface area contributed by atoms with Crippen LogP contribution in [0, 0.1) is 5.92 Å². The summed E-state index contributed by atoms with van der Waals surface area (Å²) in [5, 5.41) is 4.08. The molecule has 0 aromatic carbocycles. The van der Waals surface area contributed by atoms with E-state index < -0.39 is 0 Å². The van der Waals surface area contributed by atoms with Crippen LogP contribution in [-0.4, -0.2) is 21.0 Å². The first-order valence-electron chi connectivity index (χ1n) is 9.70. The van der Waals surface area contributed by atoms with Gasteiger partial charge in [0.2, 0.25) is 11.8 Å². The third-order valence-corrected chi connectivity index (χ3v) is 5.28. The molecule has 1 saturated carbocycles. The van der Waals surface area contributed by atoms with Crippen molar-refractivity contribution in [3.8, 4) is 0 Å². The molecule has 2 heterocycles. The summed E-state index contributed by atoms with van der Waals surface area (Å²) in [6.45, 7) is 0. The van der Waals surface area contributed by atoms with Crippen LogP contribution in [0.2, 0.25) is 0 Å². The van der Waals surface area contributed by atoms with Gasteiger partial charge in [-0.1, -0.05) is 50.1 Å². The van der Waals surface area contributed by atoms with Crippen LogP contribution in [0.15, 0.2) is 29.0 Å². The SMILES string of the molecule is NC(=O)CC(CCCC1CCCCC1)c1nc(Cc2ccncc2)no1. The highest BCUT2D eigenvalue weighted by molar-refractivity contribution is 5.74. The van der Waals surface area contributed by atoms with Crippen molar-refractivity contribution in [1.29, 1.82) is 0 Å². The highest BCUT2D eigenvalue weighted by atomic mass is 16.5. The zero-order valence-electron chi connectivity index (χ0n) is 15.3. The maximum Gasteiger partial charge on any atom is 0.230 e. The molecule has 1 amide bonds. The fraction of sp³-hybridized carbons (Fsp3) is 0.600. The number of aromatic nitrogens is 3. The van der Waals surface area contributed by atoms with Crippen molar-refractivity contribution in [2.45, 2.75) is 70.1 Å². The highest BCUT2D eigenvalue weighted by Crippen LogP contribution is 2.31. The summed E-state index contributed by atoms with van der Waals surface area (Å²) in [5.74, 6) is 1.61. The number of pyridine rings is 1. The van der Waals surface area contributed by atoms with E-state index in [9.17, 15) is 4.79 Å². The van der Waals surface area contributed by atoms with Gasteiger partial charge in [-0.3, -0.25) is 9.78 Å². The van der Waals surface area contributed by atoms with Gasteiger partial charge in [0.1, 0.15) is 0 Å². The molecule has 1 fully saturated rings. The molecule has 1 aliphatic rings. The number of carbonyl (C=O) groups is 1. The lowest BCUT2D eigenvalue weighted by Gasteiger charge is -2.21. The summed E-state index contributed by atoms with van der Waals surface area (Å²) < 4.78 is 5.46. The first-order valence-corrected chi connectivity index (χ1v) is 9.70. The van der Waals surface area contributed by atoms with E-state index in [2.05, 4.69) is 15.1 Å². The van der Waals surface area contributed by atoms with Crippen LogP contribution in [0.3, 0.4) is 0 Å². The topological polar surface area (TPSA) is 94.9 Å². The van der Waals surface area contributed by atoms with Gasteiger partial charge in [0.25, 0.3) is 0 Å². The first-order chi connectivity index (χ1) is 12.7. The number of nitrogens with zero attached hydrogens (tertiary/aromatic N) is 3. The third-order valence-electron chi connectivity index (χ3n) is 5.28. The molecule has 2 aromatic heterocycles. The van der Waals surface area contributed by atoms with Crippen LogP contribution in [0.4, 0.5) is 0 Å². The largest absolute Gasteiger partial charge is 0.370 e. The van der Waals surface area contributed by atoms with Crippen molar-refractivity contribution in [2.24, 2.45) is 11.7 Å². The van der Waals surface area contributed by atoms with Crippen LogP contribution >= 0.6 is 0 Å². The zero-order chi connectivity index (χ0) is 18.2. The third kappa shape index (κ3) is 5.64. The maximum atomic E-state index is 11.5. The lowest BCUT2D eigenvalue weighted by molar-refractivity contribution is -0.118. The number of primary amides is 1. The molecule has 0 bridgehead atoms. The van der Waals surface area contributed by atoms with Gasteiger partial charge in [-0.05, 0) is 30.0 Å². The van der Waals surface area contributed by atoms with Crippen LogP contribution in [-0.2, 0) is 11.2 Å². The molecule has 6 nitrogen and oxygen atoms in total. The molecule has 26 heavy (non-hydrogen) atoms. The number of nitrogens with two attached hydrogens (primary N) is 1. The number of rotatable bonds is 9. The van der Waals surface area contributed by atoms with E-state index in [1.165, 1.54) is 38.5 Å². The Labute approximate surface area is 154 Å². The maximum absolute atomic E-state index is 11.5. The fourth-order valence-electron chi connectivity index (χ4n) is 3.87. The van der Waals surface area contributed by atoms with Gasteiger partial charge in [-0.25, -0.2) is 0 Å². The molecule has 1 atom stereocenters. The Morgan fingerprint density at radius 2 is 2.00 bits per heavy atom. The Hall–Kier alpha value is -2.24. The Balaban J connectivity index is 1.57. The van der Waals surface area contributed by atoms with Crippen LogP contribution < -0.4 is 5.73 Å². The molecular weight excluding hydrogens is 328 g/mol. The summed E-state index contributed by atoms with van der Waals surface area (Å²) >= 11 is 0. The van der Waals surface area contributed by atoms with Gasteiger partial charge in [0.05, 0.1) is 0 Å². The minimum absolute atomic E-state index is 0.0743. The Bertz CT molecular complexity index is 680. The molecular formula is C20H28N4O2. The fourth-order valence-corrected chi connectivity index (χ4v) is 3.87. The highest BCUT2D eigenvalue weighted by Gasteiger charge is 2.22. The van der Waals surface area contributed by atoms with Crippen molar-refractivity contribution in [3.05, 3.63) is 41.8 Å². The van der Waals surface area contributed by atoms with Crippen molar-refractivity contribution < 1.29 is 9.32 Å². The van der Waals surface area contributed by atoms with E-state index in [0.717, 1.165) is 24.3 Å². The van der Waals surface area contributed by atoms with Gasteiger partial charge >= 0.3 is 0 Å². The van der Waals surface area contributed by atoms with Crippen molar-refractivity contribution in [1.82, 2.24) is 15.1 Å². The summed E-state index contributed by atoms with van der Waals surface area (Å²) in [5.41, 5.74) is 6.52. The van der Waals surface area contributed by atoms with Gasteiger partial charge in [0, 0.05) is 31.2 Å². The summed E-state index contributed by atoms with van der Waals surface area (Å²) in [6.07, 6.45) is 14.3. The van der Waals surface area contributed by atoms with Gasteiger partial charge in [0.15, 0.2) is 5.82 Å². The molecule has 1 unspecified atom stereocenters. The molecule has 0 radical (unpaired) electrons. The monoisotopic (exact) mass is 356 g/mol. The average molecular weight is 356 g/mol. The quantitative estimate of drug-likeness (QED) is 0.738. The normalized spacial score (nSPS) is 16.5. The summed E-state index contributed by atoms with van der Waals surface area (Å²) in [7, 11) is 0. The van der Waals surface area contributed by atoms with E-state index in [0.29, 0.717) is 18.1 Å². The van der Waals surface area contributed by atoms with E-state index in [4.69, 9.17) is 10.3 Å². The summed E-state index contributed by atoms with van der Waals surface area (Å²) in [4.78, 5) is 20.0. The van der Waals surface area contributed by atoms with E-state index in [1.54, 1.807) is 12.4 Å². The molecule has 0 saturated heterocycles. The molecule has 1 aliphatic carbocycles. The Morgan fingerprint density at radius 1 is 1.23 bits per heavy atom. The predicted octanol–water partition coefficient (Wildman–Crippen LogP) is 3.77. The van der Waals surface area contributed by atoms with Crippen molar-refractivity contribution >= 4 is 5.91 Å². The molecule has 2 aromatic rings. The van der Waals surface area contributed by atoms with Crippen LogP contribution in [0.5, 0.6) is 0 Å². The molecule has 140 valence electrons. The van der Waals surface area contributed by atoms with Gasteiger partial charge in [-0.2, -0.15) is 4.98 Å². The van der Waals surface area contributed by atoms with Gasteiger partial charge in [-0.15, -0.1) is 0 Å². The number of amides is 1. The molecule has 6 heteroatoms.